The van der Waals surface area contributed by atoms with Crippen LogP contribution < -0.4 is 14.4 Å². The van der Waals surface area contributed by atoms with E-state index >= 15 is 0 Å². The van der Waals surface area contributed by atoms with Gasteiger partial charge in [0.05, 0.1) is 20.4 Å². The monoisotopic (exact) mass is 487 g/mol. The van der Waals surface area contributed by atoms with Crippen LogP contribution in [0.3, 0.4) is 0 Å². The molecule has 2 heterocycles. The lowest BCUT2D eigenvalue weighted by Gasteiger charge is -2.24. The summed E-state index contributed by atoms with van der Waals surface area (Å²) in [7, 11) is 3.31. The van der Waals surface area contributed by atoms with E-state index in [0.29, 0.717) is 29.2 Å². The molecule has 0 saturated carbocycles. The molecule has 2 aromatic heterocycles. The van der Waals surface area contributed by atoms with Crippen LogP contribution in [0.1, 0.15) is 11.1 Å². The number of anilines is 1. The zero-order valence-corrected chi connectivity index (χ0v) is 18.8. The molecule has 0 spiro atoms. The number of aromatic nitrogens is 4. The Morgan fingerprint density at radius 2 is 1.43 bits per heavy atom. The molecule has 0 bridgehead atoms. The van der Waals surface area contributed by atoms with Crippen molar-refractivity contribution < 1.29 is 9.47 Å². The minimum absolute atomic E-state index is 0.150. The minimum atomic E-state index is 0.150. The number of methoxy groups -OCH3 is 2. The van der Waals surface area contributed by atoms with E-state index in [2.05, 4.69) is 35.9 Å². The predicted molar refractivity (Wildman–Crippen MR) is 119 cm³/mol. The van der Waals surface area contributed by atoms with Crippen molar-refractivity contribution in [3.05, 3.63) is 75.7 Å². The summed E-state index contributed by atoms with van der Waals surface area (Å²) in [5.41, 5.74) is 2.82. The van der Waals surface area contributed by atoms with E-state index in [1.165, 1.54) is 0 Å². The number of halogens is 2. The van der Waals surface area contributed by atoms with E-state index in [1.54, 1.807) is 24.9 Å². The van der Waals surface area contributed by atoms with Crippen LogP contribution in [-0.4, -0.2) is 33.8 Å². The first-order chi connectivity index (χ1) is 14.6. The van der Waals surface area contributed by atoms with Gasteiger partial charge in [0.2, 0.25) is 5.28 Å². The lowest BCUT2D eigenvalue weighted by molar-refractivity contribution is 0.414. The average Bonchev–Trinajstić information content (AvgIpc) is 3.13. The second-order valence-electron chi connectivity index (χ2n) is 6.59. The molecule has 9 heteroatoms. The number of rotatable bonds is 7. The van der Waals surface area contributed by atoms with Crippen LogP contribution in [0.4, 0.5) is 5.82 Å². The van der Waals surface area contributed by atoms with Crippen molar-refractivity contribution in [1.29, 1.82) is 0 Å². The normalized spacial score (nSPS) is 10.9. The molecule has 0 saturated heterocycles. The molecule has 0 aliphatic rings. The Bertz CT molecular complexity index is 1100. The highest BCUT2D eigenvalue weighted by Gasteiger charge is 2.18. The topological polar surface area (TPSA) is 64.8 Å². The zero-order valence-electron chi connectivity index (χ0n) is 16.4. The Morgan fingerprint density at radius 1 is 0.900 bits per heavy atom. The van der Waals surface area contributed by atoms with E-state index in [-0.39, 0.29) is 5.28 Å². The first kappa shape index (κ1) is 20.4. The molecule has 4 aromatic rings. The molecule has 0 unspecified atom stereocenters. The van der Waals surface area contributed by atoms with Gasteiger partial charge in [-0.05, 0) is 62.9 Å². The summed E-state index contributed by atoms with van der Waals surface area (Å²) in [6.45, 7) is 1.20. The lowest BCUT2D eigenvalue weighted by atomic mass is 10.1. The first-order valence-corrected chi connectivity index (χ1v) is 10.3. The molecule has 0 atom stereocenters. The maximum atomic E-state index is 6.22. The zero-order chi connectivity index (χ0) is 21.1. The van der Waals surface area contributed by atoms with Crippen molar-refractivity contribution in [3.8, 4) is 11.5 Å². The Labute approximate surface area is 187 Å². The van der Waals surface area contributed by atoms with Gasteiger partial charge in [-0.1, -0.05) is 24.3 Å². The second-order valence-corrected chi connectivity index (χ2v) is 7.74. The largest absolute Gasteiger partial charge is 0.497 e. The molecule has 7 nitrogen and oxygen atoms in total. The maximum Gasteiger partial charge on any atom is 0.243 e. The number of fused-ring (bicyclic) bond motifs is 1. The molecule has 154 valence electrons. The van der Waals surface area contributed by atoms with Gasteiger partial charge in [-0.15, -0.1) is 5.10 Å². The van der Waals surface area contributed by atoms with Gasteiger partial charge in [0.25, 0.3) is 0 Å². The van der Waals surface area contributed by atoms with Crippen LogP contribution >= 0.6 is 27.5 Å². The Balaban J connectivity index is 1.74. The summed E-state index contributed by atoms with van der Waals surface area (Å²) in [6, 6.07) is 15.9. The van der Waals surface area contributed by atoms with E-state index in [1.807, 2.05) is 48.5 Å². The second kappa shape index (κ2) is 8.89. The van der Waals surface area contributed by atoms with E-state index in [4.69, 9.17) is 21.1 Å². The van der Waals surface area contributed by atoms with E-state index < -0.39 is 0 Å². The van der Waals surface area contributed by atoms with Gasteiger partial charge in [-0.2, -0.15) is 4.98 Å². The molecule has 0 fully saturated rings. The van der Waals surface area contributed by atoms with Crippen LogP contribution in [-0.2, 0) is 13.1 Å². The molecule has 30 heavy (non-hydrogen) atoms. The number of nitrogens with zero attached hydrogens (tertiary/aromatic N) is 5. The maximum absolute atomic E-state index is 6.22. The molecule has 0 aliphatic carbocycles. The summed E-state index contributed by atoms with van der Waals surface area (Å²) in [5.74, 6) is 2.27. The fourth-order valence-electron chi connectivity index (χ4n) is 3.14. The van der Waals surface area contributed by atoms with Gasteiger partial charge < -0.3 is 14.4 Å². The molecule has 0 N–H and O–H groups in total. The van der Waals surface area contributed by atoms with Crippen molar-refractivity contribution in [2.24, 2.45) is 0 Å². The van der Waals surface area contributed by atoms with Crippen molar-refractivity contribution in [2.75, 3.05) is 19.1 Å². The third-order valence-electron chi connectivity index (χ3n) is 4.61. The number of hydrogen-bond acceptors (Lipinski definition) is 6. The van der Waals surface area contributed by atoms with Crippen LogP contribution in [0.25, 0.3) is 5.65 Å². The van der Waals surface area contributed by atoms with Crippen LogP contribution in [0.2, 0.25) is 5.28 Å². The highest BCUT2D eigenvalue weighted by atomic mass is 79.9. The van der Waals surface area contributed by atoms with Gasteiger partial charge in [-0.25, -0.2) is 9.50 Å². The lowest BCUT2D eigenvalue weighted by Crippen LogP contribution is -2.24. The quantitative estimate of drug-likeness (QED) is 0.374. The number of hydrogen-bond donors (Lipinski definition) is 0. The fraction of sp³-hybridized carbons (Fsp3) is 0.190. The number of benzene rings is 2. The van der Waals surface area contributed by atoms with Crippen LogP contribution in [0.15, 0.2) is 59.3 Å². The summed E-state index contributed by atoms with van der Waals surface area (Å²) in [6.07, 6.45) is 1.76. The molecule has 0 radical (unpaired) electrons. The van der Waals surface area contributed by atoms with Gasteiger partial charge in [0, 0.05) is 13.1 Å². The molecule has 4 rings (SSSR count). The van der Waals surface area contributed by atoms with Crippen molar-refractivity contribution in [1.82, 2.24) is 19.6 Å². The Hall–Kier alpha value is -2.84. The summed E-state index contributed by atoms with van der Waals surface area (Å²) in [4.78, 5) is 11.1. The molecule has 0 aliphatic heterocycles. The smallest absolute Gasteiger partial charge is 0.243 e. The highest BCUT2D eigenvalue weighted by molar-refractivity contribution is 9.10. The standard InChI is InChI=1S/C21H19BrClN5O2/c1-29-16-7-3-14(4-8-16)11-27(12-15-5-9-17(30-2)10-6-15)19-20-24-18(22)13-28(20)26-21(23)25-19/h3-10,13H,11-12H2,1-2H3. The fourth-order valence-corrected chi connectivity index (χ4v) is 3.66. The summed E-state index contributed by atoms with van der Waals surface area (Å²) >= 11 is 9.63. The number of ether oxygens (including phenoxy) is 2. The summed E-state index contributed by atoms with van der Waals surface area (Å²) < 4.78 is 12.8. The van der Waals surface area contributed by atoms with Crippen molar-refractivity contribution in [2.45, 2.75) is 13.1 Å². The van der Waals surface area contributed by atoms with E-state index in [9.17, 15) is 0 Å². The van der Waals surface area contributed by atoms with Crippen LogP contribution in [0.5, 0.6) is 11.5 Å². The van der Waals surface area contributed by atoms with Gasteiger partial charge >= 0.3 is 0 Å². The van der Waals surface area contributed by atoms with Crippen LogP contribution in [0, 0.1) is 0 Å². The minimum Gasteiger partial charge on any atom is -0.497 e. The molecular formula is C21H19BrClN5O2. The Morgan fingerprint density at radius 3 is 1.93 bits per heavy atom. The first-order valence-electron chi connectivity index (χ1n) is 9.15. The number of imidazole rings is 1. The molecule has 0 amide bonds. The van der Waals surface area contributed by atoms with Crippen molar-refractivity contribution in [3.63, 3.8) is 0 Å². The van der Waals surface area contributed by atoms with E-state index in [0.717, 1.165) is 22.6 Å². The third-order valence-corrected chi connectivity index (χ3v) is 5.15. The highest BCUT2D eigenvalue weighted by Crippen LogP contribution is 2.26. The predicted octanol–water partition coefficient (Wildman–Crippen LogP) is 4.76. The SMILES string of the molecule is COc1ccc(CN(Cc2ccc(OC)cc2)c2nc(Cl)nn3cc(Br)nc23)cc1. The molecular weight excluding hydrogens is 470 g/mol. The third kappa shape index (κ3) is 4.49. The van der Waals surface area contributed by atoms with Crippen molar-refractivity contribution >= 4 is 39.0 Å². The average molecular weight is 489 g/mol. The Kier molecular flexibility index (Phi) is 6.06. The van der Waals surface area contributed by atoms with Gasteiger partial charge in [-0.3, -0.25) is 0 Å². The van der Waals surface area contributed by atoms with Gasteiger partial charge in [0.1, 0.15) is 16.1 Å². The molecule has 2 aromatic carbocycles. The summed E-state index contributed by atoms with van der Waals surface area (Å²) in [5, 5.41) is 4.37. The van der Waals surface area contributed by atoms with Gasteiger partial charge in [0.15, 0.2) is 11.5 Å².